The molecule has 0 bridgehead atoms. The predicted molar refractivity (Wildman–Crippen MR) is 80.0 cm³/mol. The monoisotopic (exact) mass is 355 g/mol. The van der Waals surface area contributed by atoms with Gasteiger partial charge in [-0.1, -0.05) is 0 Å². The zero-order chi connectivity index (χ0) is 17.9. The first-order chi connectivity index (χ1) is 10.7. The first kappa shape index (κ1) is 21.9. The van der Waals surface area contributed by atoms with E-state index in [0.29, 0.717) is 12.5 Å². The number of aliphatic hydroxyl groups is 1. The van der Waals surface area contributed by atoms with Gasteiger partial charge in [0.05, 0.1) is 25.8 Å². The number of aliphatic carboxylic acids is 2. The Morgan fingerprint density at radius 2 is 1.65 bits per heavy atom. The summed E-state index contributed by atoms with van der Waals surface area (Å²) in [6.45, 7) is -0.923. The van der Waals surface area contributed by atoms with Crippen molar-refractivity contribution in [2.45, 2.75) is 18.6 Å². The molecule has 0 radical (unpaired) electrons. The molecule has 0 saturated carbocycles. The lowest BCUT2D eigenvalue weighted by atomic mass is 10.3. The van der Waals surface area contributed by atoms with E-state index >= 15 is 0 Å². The maximum absolute atomic E-state index is 10.6. The number of carboxylic acid groups (broad SMARTS) is 2. The number of hydrogen-bond donors (Lipinski definition) is 4. The van der Waals surface area contributed by atoms with Crippen molar-refractivity contribution in [3.8, 4) is 0 Å². The van der Waals surface area contributed by atoms with E-state index in [4.69, 9.17) is 23.8 Å². The van der Waals surface area contributed by atoms with Crippen LogP contribution in [0.3, 0.4) is 0 Å². The first-order valence-electron chi connectivity index (χ1n) is 6.97. The van der Waals surface area contributed by atoms with Crippen molar-refractivity contribution in [1.82, 2.24) is 4.90 Å². The molecule has 0 rings (SSSR count). The van der Waals surface area contributed by atoms with Crippen LogP contribution >= 0.6 is 0 Å². The number of ether oxygens (including phenoxy) is 1. The molecule has 10 nitrogen and oxygen atoms in total. The maximum atomic E-state index is 10.6. The molecule has 23 heavy (non-hydrogen) atoms. The highest BCUT2D eigenvalue weighted by Crippen LogP contribution is 2.10. The molecule has 0 aliphatic rings. The highest BCUT2D eigenvalue weighted by molar-refractivity contribution is 6.59. The molecule has 11 heteroatoms. The quantitative estimate of drug-likeness (QED) is 0.213. The minimum Gasteiger partial charge on any atom is -0.480 e. The Kier molecular flexibility index (Phi) is 10.9. The van der Waals surface area contributed by atoms with Crippen LogP contribution in [0.2, 0.25) is 6.04 Å². The van der Waals surface area contributed by atoms with Gasteiger partial charge in [-0.2, -0.15) is 0 Å². The molecule has 0 aliphatic heterocycles. The molecule has 0 aliphatic carbocycles. The Morgan fingerprint density at radius 3 is 2.09 bits per heavy atom. The van der Waals surface area contributed by atoms with Crippen LogP contribution in [0.25, 0.3) is 0 Å². The van der Waals surface area contributed by atoms with E-state index in [0.717, 1.165) is 4.90 Å². The predicted octanol–water partition coefficient (Wildman–Crippen LogP) is -1.55. The van der Waals surface area contributed by atoms with Crippen LogP contribution in [0.4, 0.5) is 0 Å². The molecule has 0 spiro atoms. The van der Waals surface area contributed by atoms with Crippen LogP contribution in [-0.4, -0.2) is 98.9 Å². The van der Waals surface area contributed by atoms with Gasteiger partial charge in [0, 0.05) is 33.4 Å². The van der Waals surface area contributed by atoms with Gasteiger partial charge in [0.25, 0.3) is 0 Å². The topological polar surface area (TPSA) is 146 Å². The second kappa shape index (κ2) is 11.5. The number of hydrogen-bond acceptors (Lipinski definition) is 8. The molecule has 1 unspecified atom stereocenters. The molecule has 0 heterocycles. The minimum atomic E-state index is -3.12. The summed E-state index contributed by atoms with van der Waals surface area (Å²) in [5.74, 6) is -2.36. The number of carbonyl (C=O) groups is 2. The van der Waals surface area contributed by atoms with E-state index in [2.05, 4.69) is 0 Å². The SMILES string of the molecule is CO[Si](O)(CCCOCC(O)CN(CC(=O)O)CC(=O)O)OC. The van der Waals surface area contributed by atoms with Gasteiger partial charge in [-0.05, 0) is 6.42 Å². The second-order valence-electron chi connectivity index (χ2n) is 4.91. The van der Waals surface area contributed by atoms with Crippen LogP contribution in [-0.2, 0) is 23.2 Å². The molecular weight excluding hydrogens is 330 g/mol. The minimum absolute atomic E-state index is 0.0737. The highest BCUT2D eigenvalue weighted by atomic mass is 28.4. The summed E-state index contributed by atoms with van der Waals surface area (Å²) >= 11 is 0. The van der Waals surface area contributed by atoms with Gasteiger partial charge < -0.3 is 33.7 Å². The fraction of sp³-hybridized carbons (Fsp3) is 0.833. The number of nitrogens with zero attached hydrogens (tertiary/aromatic N) is 1. The average molecular weight is 355 g/mol. The number of rotatable bonds is 14. The summed E-state index contributed by atoms with van der Waals surface area (Å²) in [6, 6.07) is 0.306. The van der Waals surface area contributed by atoms with E-state index in [9.17, 15) is 19.5 Å². The van der Waals surface area contributed by atoms with Crippen molar-refractivity contribution in [3.05, 3.63) is 0 Å². The van der Waals surface area contributed by atoms with E-state index in [-0.39, 0.29) is 19.8 Å². The Hall–Kier alpha value is -1.08. The van der Waals surface area contributed by atoms with Crippen LogP contribution in [0.15, 0.2) is 0 Å². The first-order valence-corrected chi connectivity index (χ1v) is 8.94. The molecule has 4 N–H and O–H groups in total. The third-order valence-corrected chi connectivity index (χ3v) is 5.18. The second-order valence-corrected chi connectivity index (χ2v) is 7.65. The summed E-state index contributed by atoms with van der Waals surface area (Å²) in [5, 5.41) is 27.1. The van der Waals surface area contributed by atoms with Crippen molar-refractivity contribution >= 4 is 20.7 Å². The molecule has 0 aromatic rings. The van der Waals surface area contributed by atoms with Gasteiger partial charge in [0.2, 0.25) is 0 Å². The summed E-state index contributed by atoms with van der Waals surface area (Å²) in [5.41, 5.74) is 0. The van der Waals surface area contributed by atoms with Crippen LogP contribution in [0.1, 0.15) is 6.42 Å². The lowest BCUT2D eigenvalue weighted by Gasteiger charge is -2.22. The average Bonchev–Trinajstić information content (AvgIpc) is 2.45. The third kappa shape index (κ3) is 11.1. The third-order valence-electron chi connectivity index (χ3n) is 2.92. The summed E-state index contributed by atoms with van der Waals surface area (Å²) < 4.78 is 15.0. The molecular formula is C12H25NO9Si. The van der Waals surface area contributed by atoms with Crippen molar-refractivity contribution < 1.29 is 43.3 Å². The molecule has 136 valence electrons. The fourth-order valence-corrected chi connectivity index (χ4v) is 2.99. The van der Waals surface area contributed by atoms with Crippen molar-refractivity contribution in [3.63, 3.8) is 0 Å². The molecule has 1 atom stereocenters. The largest absolute Gasteiger partial charge is 0.497 e. The van der Waals surface area contributed by atoms with Crippen LogP contribution in [0.5, 0.6) is 0 Å². The molecule has 0 aromatic heterocycles. The zero-order valence-electron chi connectivity index (χ0n) is 13.3. The van der Waals surface area contributed by atoms with E-state index in [1.54, 1.807) is 0 Å². The summed E-state index contributed by atoms with van der Waals surface area (Å²) in [7, 11) is -0.397. The van der Waals surface area contributed by atoms with E-state index < -0.39 is 39.9 Å². The summed E-state index contributed by atoms with van der Waals surface area (Å²) in [6.07, 6.45) is -0.555. The van der Waals surface area contributed by atoms with Crippen LogP contribution < -0.4 is 0 Å². The van der Waals surface area contributed by atoms with Crippen LogP contribution in [0, 0.1) is 0 Å². The zero-order valence-corrected chi connectivity index (χ0v) is 14.3. The molecule has 0 fully saturated rings. The van der Waals surface area contributed by atoms with E-state index in [1.807, 2.05) is 0 Å². The lowest BCUT2D eigenvalue weighted by Crippen LogP contribution is -2.41. The van der Waals surface area contributed by atoms with Gasteiger partial charge in [0.15, 0.2) is 0 Å². The number of carboxylic acids is 2. The normalized spacial score (nSPS) is 13.3. The van der Waals surface area contributed by atoms with Gasteiger partial charge in [-0.25, -0.2) is 0 Å². The van der Waals surface area contributed by atoms with Gasteiger partial charge in [-0.15, -0.1) is 0 Å². The maximum Gasteiger partial charge on any atom is 0.497 e. The van der Waals surface area contributed by atoms with Gasteiger partial charge >= 0.3 is 20.7 Å². The Bertz CT molecular complexity index is 348. The standard InChI is InChI=1S/C12H25NO9Si/c1-20-23(19,21-2)5-3-4-22-9-10(14)6-13(7-11(15)16)8-12(17)18/h10,14,19H,3-9H2,1-2H3,(H,15,16)(H,17,18). The highest BCUT2D eigenvalue weighted by Gasteiger charge is 2.33. The van der Waals surface area contributed by atoms with E-state index in [1.165, 1.54) is 14.2 Å². The van der Waals surface area contributed by atoms with Gasteiger partial charge in [-0.3, -0.25) is 14.5 Å². The molecule has 0 aromatic carbocycles. The molecule has 0 amide bonds. The Morgan fingerprint density at radius 1 is 1.13 bits per heavy atom. The number of aliphatic hydroxyl groups excluding tert-OH is 1. The van der Waals surface area contributed by atoms with Crippen molar-refractivity contribution in [2.75, 3.05) is 47.1 Å². The fourth-order valence-electron chi connectivity index (χ4n) is 1.82. The van der Waals surface area contributed by atoms with Gasteiger partial charge in [0.1, 0.15) is 0 Å². The van der Waals surface area contributed by atoms with Crippen molar-refractivity contribution in [1.29, 1.82) is 0 Å². The smallest absolute Gasteiger partial charge is 0.480 e. The van der Waals surface area contributed by atoms with Crippen molar-refractivity contribution in [2.24, 2.45) is 0 Å². The Labute approximate surface area is 135 Å². The Balaban J connectivity index is 4.01. The lowest BCUT2D eigenvalue weighted by molar-refractivity contribution is -0.142. The molecule has 0 saturated heterocycles. The summed E-state index contributed by atoms with van der Waals surface area (Å²) in [4.78, 5) is 32.2.